The Hall–Kier alpha value is -1.14. The maximum Gasteiger partial charge on any atom is 0.233 e. The van der Waals surface area contributed by atoms with Gasteiger partial charge in [-0.3, -0.25) is 4.79 Å². The van der Waals surface area contributed by atoms with Gasteiger partial charge in [0.05, 0.1) is 5.25 Å². The number of thioether (sulfide) groups is 1. The largest absolute Gasteiger partial charge is 0.358 e. The summed E-state index contributed by atoms with van der Waals surface area (Å²) in [6.45, 7) is 4.25. The predicted molar refractivity (Wildman–Crippen MR) is 88.7 cm³/mol. The fourth-order valence-electron chi connectivity index (χ4n) is 2.11. The summed E-state index contributed by atoms with van der Waals surface area (Å²) in [5.41, 5.74) is 0.879. The average Bonchev–Trinajstić information content (AvgIpc) is 3.00. The topological polar surface area (TPSA) is 32.3 Å². The van der Waals surface area contributed by atoms with E-state index in [1.165, 1.54) is 36.7 Å². The first kappa shape index (κ1) is 16.2. The molecule has 0 aliphatic carbocycles. The summed E-state index contributed by atoms with van der Waals surface area (Å²) in [7, 11) is 0. The van der Waals surface area contributed by atoms with E-state index < -0.39 is 0 Å². The van der Waals surface area contributed by atoms with Crippen LogP contribution in [0.25, 0.3) is 0 Å². The summed E-state index contributed by atoms with van der Waals surface area (Å²) in [5.74, 6) is -0.323. The van der Waals surface area contributed by atoms with Crippen molar-refractivity contribution in [1.29, 1.82) is 0 Å². The molecule has 1 N–H and O–H groups in total. The van der Waals surface area contributed by atoms with Gasteiger partial charge in [0, 0.05) is 19.6 Å². The third-order valence-electron chi connectivity index (χ3n) is 3.39. The molecule has 0 saturated carbocycles. The second-order valence-electron chi connectivity index (χ2n) is 5.06. The molecule has 1 amide bonds. The quantitative estimate of drug-likeness (QED) is 0.862. The number of carbonyl (C=O) groups excluding carboxylic acids is 1. The third kappa shape index (κ3) is 4.97. The normalized spacial score (nSPS) is 15.8. The van der Waals surface area contributed by atoms with E-state index in [1.807, 2.05) is 6.92 Å². The van der Waals surface area contributed by atoms with E-state index >= 15 is 0 Å². The van der Waals surface area contributed by atoms with Gasteiger partial charge in [-0.2, -0.15) is 0 Å². The van der Waals surface area contributed by atoms with E-state index in [9.17, 15) is 9.18 Å². The smallest absolute Gasteiger partial charge is 0.233 e. The Labute approximate surface area is 134 Å². The SMILES string of the molecule is C[C@H](SC(=S)N1CCCC1)C(=O)NCc1ccc(F)cc1. The van der Waals surface area contributed by atoms with Crippen LogP contribution in [0, 0.1) is 5.82 Å². The fourth-order valence-corrected chi connectivity index (χ4v) is 3.55. The number of nitrogens with one attached hydrogen (secondary N) is 1. The zero-order chi connectivity index (χ0) is 15.2. The van der Waals surface area contributed by atoms with Gasteiger partial charge in [-0.05, 0) is 37.5 Å². The van der Waals surface area contributed by atoms with Crippen LogP contribution in [-0.2, 0) is 11.3 Å². The third-order valence-corrected chi connectivity index (χ3v) is 4.97. The zero-order valence-electron chi connectivity index (χ0n) is 12.0. The van der Waals surface area contributed by atoms with Gasteiger partial charge in [-0.25, -0.2) is 4.39 Å². The Bertz CT molecular complexity index is 501. The fraction of sp³-hybridized carbons (Fsp3) is 0.467. The van der Waals surface area contributed by atoms with Crippen molar-refractivity contribution in [2.24, 2.45) is 0 Å². The van der Waals surface area contributed by atoms with Crippen LogP contribution in [0.15, 0.2) is 24.3 Å². The Morgan fingerprint density at radius 1 is 1.38 bits per heavy atom. The lowest BCUT2D eigenvalue weighted by Gasteiger charge is -2.20. The number of carbonyl (C=O) groups is 1. The molecule has 1 heterocycles. The molecule has 1 atom stereocenters. The Kier molecular flexibility index (Phi) is 5.99. The summed E-state index contributed by atoms with van der Waals surface area (Å²) in [6, 6.07) is 6.12. The van der Waals surface area contributed by atoms with E-state index in [4.69, 9.17) is 12.2 Å². The molecule has 1 aromatic rings. The first-order chi connectivity index (χ1) is 10.1. The van der Waals surface area contributed by atoms with E-state index in [0.717, 1.165) is 23.0 Å². The summed E-state index contributed by atoms with van der Waals surface area (Å²) < 4.78 is 13.6. The van der Waals surface area contributed by atoms with Crippen molar-refractivity contribution >= 4 is 34.2 Å². The van der Waals surface area contributed by atoms with Gasteiger partial charge < -0.3 is 10.2 Å². The van der Waals surface area contributed by atoms with Gasteiger partial charge in [0.15, 0.2) is 0 Å². The highest BCUT2D eigenvalue weighted by atomic mass is 32.2. The molecule has 0 spiro atoms. The minimum Gasteiger partial charge on any atom is -0.358 e. The molecule has 0 bridgehead atoms. The van der Waals surface area contributed by atoms with Crippen LogP contribution in [-0.4, -0.2) is 33.5 Å². The molecule has 114 valence electrons. The highest BCUT2D eigenvalue weighted by molar-refractivity contribution is 8.23. The van der Waals surface area contributed by atoms with Crippen LogP contribution >= 0.6 is 24.0 Å². The van der Waals surface area contributed by atoms with Crippen LogP contribution in [0.1, 0.15) is 25.3 Å². The molecule has 0 aromatic heterocycles. The number of amides is 1. The lowest BCUT2D eigenvalue weighted by atomic mass is 10.2. The van der Waals surface area contributed by atoms with Crippen LogP contribution in [0.2, 0.25) is 0 Å². The second-order valence-corrected chi connectivity index (χ2v) is 7.04. The molecule has 1 aromatic carbocycles. The molecule has 1 fully saturated rings. The number of benzene rings is 1. The maximum absolute atomic E-state index is 12.8. The Morgan fingerprint density at radius 3 is 2.62 bits per heavy atom. The van der Waals surface area contributed by atoms with E-state index in [0.29, 0.717) is 6.54 Å². The van der Waals surface area contributed by atoms with Crippen molar-refractivity contribution in [3.05, 3.63) is 35.6 Å². The predicted octanol–water partition coefficient (Wildman–Crippen LogP) is 2.94. The summed E-state index contributed by atoms with van der Waals surface area (Å²) >= 11 is 6.80. The molecular formula is C15H19FN2OS2. The van der Waals surface area contributed by atoms with Crippen molar-refractivity contribution in [2.45, 2.75) is 31.6 Å². The lowest BCUT2D eigenvalue weighted by Crippen LogP contribution is -2.33. The van der Waals surface area contributed by atoms with Gasteiger partial charge in [-0.1, -0.05) is 36.1 Å². The summed E-state index contributed by atoms with van der Waals surface area (Å²) in [6.07, 6.45) is 2.34. The summed E-state index contributed by atoms with van der Waals surface area (Å²) in [5, 5.41) is 2.63. The molecule has 0 unspecified atom stereocenters. The van der Waals surface area contributed by atoms with Gasteiger partial charge >= 0.3 is 0 Å². The molecular weight excluding hydrogens is 307 g/mol. The van der Waals surface area contributed by atoms with Crippen LogP contribution < -0.4 is 5.32 Å². The molecule has 1 saturated heterocycles. The standard InChI is InChI=1S/C15H19FN2OS2/c1-11(21-15(20)18-8-2-3-9-18)14(19)17-10-12-4-6-13(16)7-5-12/h4-7,11H,2-3,8-10H2,1H3,(H,17,19)/t11-/m0/s1. The summed E-state index contributed by atoms with van der Waals surface area (Å²) in [4.78, 5) is 14.2. The number of likely N-dealkylation sites (tertiary alicyclic amines) is 1. The van der Waals surface area contributed by atoms with Gasteiger partial charge in [-0.15, -0.1) is 0 Å². The van der Waals surface area contributed by atoms with Crippen molar-refractivity contribution in [3.8, 4) is 0 Å². The highest BCUT2D eigenvalue weighted by Crippen LogP contribution is 2.20. The number of halogens is 1. The minimum atomic E-state index is -0.273. The number of hydrogen-bond donors (Lipinski definition) is 1. The van der Waals surface area contributed by atoms with Crippen LogP contribution in [0.5, 0.6) is 0 Å². The van der Waals surface area contributed by atoms with Crippen LogP contribution in [0.3, 0.4) is 0 Å². The average molecular weight is 326 g/mol. The van der Waals surface area contributed by atoms with Crippen molar-refractivity contribution in [2.75, 3.05) is 13.1 Å². The second kappa shape index (κ2) is 7.75. The molecule has 6 heteroatoms. The van der Waals surface area contributed by atoms with Gasteiger partial charge in [0.2, 0.25) is 5.91 Å². The van der Waals surface area contributed by atoms with E-state index in [2.05, 4.69) is 10.2 Å². The monoisotopic (exact) mass is 326 g/mol. The van der Waals surface area contributed by atoms with Crippen molar-refractivity contribution < 1.29 is 9.18 Å². The molecule has 3 nitrogen and oxygen atoms in total. The highest BCUT2D eigenvalue weighted by Gasteiger charge is 2.21. The molecule has 2 rings (SSSR count). The molecule has 1 aliphatic heterocycles. The zero-order valence-corrected chi connectivity index (χ0v) is 13.6. The van der Waals surface area contributed by atoms with Crippen LogP contribution in [0.4, 0.5) is 4.39 Å². The molecule has 1 aliphatic rings. The lowest BCUT2D eigenvalue weighted by molar-refractivity contribution is -0.120. The number of hydrogen-bond acceptors (Lipinski definition) is 3. The Balaban J connectivity index is 1.76. The first-order valence-electron chi connectivity index (χ1n) is 7.04. The number of rotatable bonds is 4. The molecule has 21 heavy (non-hydrogen) atoms. The van der Waals surface area contributed by atoms with Gasteiger partial charge in [0.25, 0.3) is 0 Å². The Morgan fingerprint density at radius 2 is 2.00 bits per heavy atom. The van der Waals surface area contributed by atoms with Crippen molar-refractivity contribution in [1.82, 2.24) is 10.2 Å². The van der Waals surface area contributed by atoms with E-state index in [-0.39, 0.29) is 17.0 Å². The number of thiocarbonyl (C=S) groups is 1. The molecule has 0 radical (unpaired) electrons. The van der Waals surface area contributed by atoms with Crippen molar-refractivity contribution in [3.63, 3.8) is 0 Å². The minimum absolute atomic E-state index is 0.0501. The first-order valence-corrected chi connectivity index (χ1v) is 8.33. The number of nitrogens with zero attached hydrogens (tertiary/aromatic N) is 1. The maximum atomic E-state index is 12.8. The van der Waals surface area contributed by atoms with E-state index in [1.54, 1.807) is 12.1 Å². The van der Waals surface area contributed by atoms with Gasteiger partial charge in [0.1, 0.15) is 10.1 Å².